The van der Waals surface area contributed by atoms with E-state index in [1.54, 1.807) is 18.4 Å². The van der Waals surface area contributed by atoms with Crippen molar-refractivity contribution in [1.82, 2.24) is 0 Å². The monoisotopic (exact) mass is 296 g/mol. The van der Waals surface area contributed by atoms with E-state index in [1.165, 1.54) is 11.1 Å². The van der Waals surface area contributed by atoms with E-state index in [4.69, 9.17) is 4.74 Å². The van der Waals surface area contributed by atoms with Crippen molar-refractivity contribution in [2.24, 2.45) is 0 Å². The van der Waals surface area contributed by atoms with Crippen LogP contribution in [0.25, 0.3) is 0 Å². The van der Waals surface area contributed by atoms with Crippen molar-refractivity contribution in [2.45, 2.75) is 11.2 Å². The standard InChI is InChI=1S/C13H13BrOS/c1-15-12-4-2-3-10(7-12)8-13(14)11-5-6-16-9-11/h2-7,9,13H,8H2,1H3. The van der Waals surface area contributed by atoms with Crippen LogP contribution in [-0.2, 0) is 6.42 Å². The molecule has 1 atom stereocenters. The topological polar surface area (TPSA) is 9.23 Å². The molecule has 0 N–H and O–H groups in total. The lowest BCUT2D eigenvalue weighted by Crippen LogP contribution is -1.94. The lowest BCUT2D eigenvalue weighted by molar-refractivity contribution is 0.414. The summed E-state index contributed by atoms with van der Waals surface area (Å²) in [6.45, 7) is 0. The van der Waals surface area contributed by atoms with Gasteiger partial charge in [0.15, 0.2) is 0 Å². The van der Waals surface area contributed by atoms with Crippen molar-refractivity contribution in [3.8, 4) is 5.75 Å². The second-order valence-electron chi connectivity index (χ2n) is 3.58. The molecule has 3 heteroatoms. The molecule has 0 amide bonds. The van der Waals surface area contributed by atoms with Crippen LogP contribution in [0.3, 0.4) is 0 Å². The van der Waals surface area contributed by atoms with Gasteiger partial charge < -0.3 is 4.74 Å². The van der Waals surface area contributed by atoms with Crippen LogP contribution in [0.5, 0.6) is 5.75 Å². The number of benzene rings is 1. The summed E-state index contributed by atoms with van der Waals surface area (Å²) in [6, 6.07) is 10.4. The highest BCUT2D eigenvalue weighted by atomic mass is 79.9. The van der Waals surface area contributed by atoms with Gasteiger partial charge >= 0.3 is 0 Å². The maximum atomic E-state index is 5.21. The number of hydrogen-bond acceptors (Lipinski definition) is 2. The molecule has 16 heavy (non-hydrogen) atoms. The SMILES string of the molecule is COc1cccc(CC(Br)c2ccsc2)c1. The zero-order chi connectivity index (χ0) is 11.4. The Hall–Kier alpha value is -0.800. The molecule has 0 spiro atoms. The molecule has 1 heterocycles. The Labute approximate surface area is 108 Å². The van der Waals surface area contributed by atoms with Gasteiger partial charge in [-0.2, -0.15) is 11.3 Å². The molecule has 2 rings (SSSR count). The van der Waals surface area contributed by atoms with Gasteiger partial charge in [-0.05, 0) is 46.5 Å². The van der Waals surface area contributed by atoms with Gasteiger partial charge in [0.05, 0.1) is 7.11 Å². The average Bonchev–Trinajstić information content (AvgIpc) is 2.83. The van der Waals surface area contributed by atoms with Crippen LogP contribution >= 0.6 is 27.3 Å². The first-order valence-corrected chi connectivity index (χ1v) is 6.94. The maximum absolute atomic E-state index is 5.21. The molecule has 0 fully saturated rings. The van der Waals surface area contributed by atoms with Gasteiger partial charge in [0.1, 0.15) is 5.75 Å². The lowest BCUT2D eigenvalue weighted by Gasteiger charge is -2.09. The highest BCUT2D eigenvalue weighted by molar-refractivity contribution is 9.09. The number of rotatable bonds is 4. The van der Waals surface area contributed by atoms with Crippen molar-refractivity contribution in [3.63, 3.8) is 0 Å². The fraction of sp³-hybridized carbons (Fsp3) is 0.231. The molecular weight excluding hydrogens is 284 g/mol. The zero-order valence-electron chi connectivity index (χ0n) is 9.02. The normalized spacial score (nSPS) is 12.4. The number of methoxy groups -OCH3 is 1. The number of alkyl halides is 1. The van der Waals surface area contributed by atoms with Crippen LogP contribution in [0.2, 0.25) is 0 Å². The lowest BCUT2D eigenvalue weighted by atomic mass is 10.1. The van der Waals surface area contributed by atoms with Crippen molar-refractivity contribution in [2.75, 3.05) is 7.11 Å². The van der Waals surface area contributed by atoms with Gasteiger partial charge in [-0.1, -0.05) is 28.1 Å². The Balaban J connectivity index is 2.08. The second-order valence-corrected chi connectivity index (χ2v) is 5.47. The molecule has 0 bridgehead atoms. The predicted octanol–water partition coefficient (Wildman–Crippen LogP) is 4.44. The van der Waals surface area contributed by atoms with E-state index in [1.807, 2.05) is 12.1 Å². The minimum Gasteiger partial charge on any atom is -0.497 e. The predicted molar refractivity (Wildman–Crippen MR) is 72.7 cm³/mol. The van der Waals surface area contributed by atoms with Crippen molar-refractivity contribution in [1.29, 1.82) is 0 Å². The van der Waals surface area contributed by atoms with E-state index >= 15 is 0 Å². The summed E-state index contributed by atoms with van der Waals surface area (Å²) in [5, 5.41) is 4.29. The van der Waals surface area contributed by atoms with Gasteiger partial charge in [0, 0.05) is 4.83 Å². The summed E-state index contributed by atoms with van der Waals surface area (Å²) in [5.74, 6) is 0.919. The first-order chi connectivity index (χ1) is 7.79. The van der Waals surface area contributed by atoms with Crippen LogP contribution in [-0.4, -0.2) is 7.11 Å². The first-order valence-electron chi connectivity index (χ1n) is 5.08. The zero-order valence-corrected chi connectivity index (χ0v) is 11.4. The average molecular weight is 297 g/mol. The van der Waals surface area contributed by atoms with Gasteiger partial charge in [-0.3, -0.25) is 0 Å². The van der Waals surface area contributed by atoms with E-state index in [9.17, 15) is 0 Å². The molecule has 84 valence electrons. The highest BCUT2D eigenvalue weighted by Crippen LogP contribution is 2.29. The molecule has 0 aliphatic heterocycles. The van der Waals surface area contributed by atoms with E-state index in [0.29, 0.717) is 4.83 Å². The Morgan fingerprint density at radius 3 is 2.94 bits per heavy atom. The molecule has 0 saturated carbocycles. The van der Waals surface area contributed by atoms with E-state index < -0.39 is 0 Å². The van der Waals surface area contributed by atoms with Crippen LogP contribution in [0.15, 0.2) is 41.1 Å². The molecule has 1 nitrogen and oxygen atoms in total. The Morgan fingerprint density at radius 2 is 2.25 bits per heavy atom. The molecule has 2 aromatic rings. The molecule has 0 aliphatic carbocycles. The molecule has 1 aromatic heterocycles. The molecular formula is C13H13BrOS. The fourth-order valence-electron chi connectivity index (χ4n) is 1.58. The highest BCUT2D eigenvalue weighted by Gasteiger charge is 2.09. The maximum Gasteiger partial charge on any atom is 0.119 e. The summed E-state index contributed by atoms with van der Waals surface area (Å²) >= 11 is 5.45. The molecule has 1 unspecified atom stereocenters. The Morgan fingerprint density at radius 1 is 1.38 bits per heavy atom. The number of ether oxygens (including phenoxy) is 1. The summed E-state index contributed by atoms with van der Waals surface area (Å²) < 4.78 is 5.21. The minimum absolute atomic E-state index is 0.380. The smallest absolute Gasteiger partial charge is 0.119 e. The second kappa shape index (κ2) is 5.51. The van der Waals surface area contributed by atoms with E-state index in [2.05, 4.69) is 44.9 Å². The van der Waals surface area contributed by atoms with E-state index in [0.717, 1.165) is 12.2 Å². The molecule has 0 aliphatic rings. The van der Waals surface area contributed by atoms with E-state index in [-0.39, 0.29) is 0 Å². The summed E-state index contributed by atoms with van der Waals surface area (Å²) in [4.78, 5) is 0.380. The minimum atomic E-state index is 0.380. The Bertz CT molecular complexity index is 439. The van der Waals surface area contributed by atoms with Gasteiger partial charge in [-0.25, -0.2) is 0 Å². The molecule has 0 saturated heterocycles. The van der Waals surface area contributed by atoms with Gasteiger partial charge in [0.25, 0.3) is 0 Å². The first kappa shape index (κ1) is 11.7. The number of thiophene rings is 1. The van der Waals surface area contributed by atoms with Crippen molar-refractivity contribution in [3.05, 3.63) is 52.2 Å². The summed E-state index contributed by atoms with van der Waals surface area (Å²) in [7, 11) is 1.70. The third kappa shape index (κ3) is 2.86. The number of hydrogen-bond donors (Lipinski definition) is 0. The van der Waals surface area contributed by atoms with Crippen LogP contribution in [0, 0.1) is 0 Å². The van der Waals surface area contributed by atoms with Crippen LogP contribution in [0.4, 0.5) is 0 Å². The quantitative estimate of drug-likeness (QED) is 0.758. The van der Waals surface area contributed by atoms with Crippen LogP contribution < -0.4 is 4.74 Å². The summed E-state index contributed by atoms with van der Waals surface area (Å²) in [6.07, 6.45) is 0.980. The fourth-order valence-corrected chi connectivity index (χ4v) is 3.13. The van der Waals surface area contributed by atoms with Crippen LogP contribution in [0.1, 0.15) is 16.0 Å². The Kier molecular flexibility index (Phi) is 4.02. The van der Waals surface area contributed by atoms with Gasteiger partial charge in [-0.15, -0.1) is 0 Å². The third-order valence-electron chi connectivity index (χ3n) is 2.45. The van der Waals surface area contributed by atoms with Gasteiger partial charge in [0.2, 0.25) is 0 Å². The third-order valence-corrected chi connectivity index (χ3v) is 4.01. The van der Waals surface area contributed by atoms with Crippen molar-refractivity contribution < 1.29 is 4.74 Å². The van der Waals surface area contributed by atoms with Crippen molar-refractivity contribution >= 4 is 27.3 Å². The molecule has 0 radical (unpaired) electrons. The summed E-state index contributed by atoms with van der Waals surface area (Å²) in [5.41, 5.74) is 2.63. The number of halogens is 1. The molecule has 1 aromatic carbocycles. The largest absolute Gasteiger partial charge is 0.497 e.